The van der Waals surface area contributed by atoms with E-state index in [1.54, 1.807) is 24.3 Å². The topological polar surface area (TPSA) is 74.5 Å². The Kier molecular flexibility index (Phi) is 6.20. The van der Waals surface area contributed by atoms with Gasteiger partial charge in [0.05, 0.1) is 6.26 Å². The third kappa shape index (κ3) is 5.60. The van der Waals surface area contributed by atoms with Gasteiger partial charge in [-0.2, -0.15) is 0 Å². The van der Waals surface area contributed by atoms with Gasteiger partial charge in [-0.3, -0.25) is 0 Å². The van der Waals surface area contributed by atoms with Crippen molar-refractivity contribution in [3.8, 4) is 0 Å². The summed E-state index contributed by atoms with van der Waals surface area (Å²) in [5.41, 5.74) is 0.609. The van der Waals surface area contributed by atoms with Crippen LogP contribution in [0.4, 0.5) is 9.18 Å². The number of nitrogens with one attached hydrogen (secondary N) is 2. The van der Waals surface area contributed by atoms with E-state index in [1.807, 2.05) is 20.8 Å². The predicted molar refractivity (Wildman–Crippen MR) is 93.7 cm³/mol. The van der Waals surface area contributed by atoms with Crippen molar-refractivity contribution in [1.29, 1.82) is 0 Å². The highest BCUT2D eigenvalue weighted by Gasteiger charge is 2.22. The lowest BCUT2D eigenvalue weighted by Crippen LogP contribution is -2.45. The summed E-state index contributed by atoms with van der Waals surface area (Å²) in [4.78, 5) is 12.1. The van der Waals surface area contributed by atoms with Crippen molar-refractivity contribution in [2.75, 3.05) is 6.54 Å². The minimum atomic E-state index is -0.763. The summed E-state index contributed by atoms with van der Waals surface area (Å²) in [5.74, 6) is 0.195. The molecule has 1 aromatic heterocycles. The highest BCUT2D eigenvalue weighted by Crippen LogP contribution is 2.22. The molecule has 2 aromatic rings. The second-order valence-corrected chi connectivity index (χ2v) is 6.89. The van der Waals surface area contributed by atoms with Crippen LogP contribution in [0.25, 0.3) is 0 Å². The van der Waals surface area contributed by atoms with Crippen molar-refractivity contribution in [2.45, 2.75) is 44.8 Å². The van der Waals surface area contributed by atoms with Crippen LogP contribution in [0.2, 0.25) is 0 Å². The molecule has 0 bridgehead atoms. The minimum absolute atomic E-state index is 0.228. The Morgan fingerprint density at radius 1 is 1.28 bits per heavy atom. The summed E-state index contributed by atoms with van der Waals surface area (Å²) >= 11 is 0. The lowest BCUT2D eigenvalue weighted by molar-refractivity contribution is 0.129. The van der Waals surface area contributed by atoms with Gasteiger partial charge in [-0.15, -0.1) is 0 Å². The van der Waals surface area contributed by atoms with Crippen LogP contribution in [-0.4, -0.2) is 23.7 Å². The van der Waals surface area contributed by atoms with Crippen LogP contribution < -0.4 is 10.6 Å². The first-order valence-electron chi connectivity index (χ1n) is 8.30. The summed E-state index contributed by atoms with van der Waals surface area (Å²) in [5, 5.41) is 15.6. The van der Waals surface area contributed by atoms with E-state index in [2.05, 4.69) is 10.6 Å². The number of hydrogen-bond donors (Lipinski definition) is 3. The fraction of sp³-hybridized carbons (Fsp3) is 0.421. The highest BCUT2D eigenvalue weighted by atomic mass is 19.1. The van der Waals surface area contributed by atoms with Gasteiger partial charge in [0, 0.05) is 24.4 Å². The molecule has 2 atom stereocenters. The second-order valence-electron chi connectivity index (χ2n) is 6.89. The molecule has 0 aliphatic heterocycles. The third-order valence-corrected chi connectivity index (χ3v) is 4.14. The molecule has 0 fully saturated rings. The molecule has 25 heavy (non-hydrogen) atoms. The van der Waals surface area contributed by atoms with Gasteiger partial charge in [-0.25, -0.2) is 9.18 Å². The molecule has 2 unspecified atom stereocenters. The zero-order valence-electron chi connectivity index (χ0n) is 14.8. The molecule has 0 spiro atoms. The molecule has 0 saturated heterocycles. The smallest absolute Gasteiger partial charge is 0.315 e. The van der Waals surface area contributed by atoms with Gasteiger partial charge >= 0.3 is 6.03 Å². The monoisotopic (exact) mass is 348 g/mol. The number of carbonyl (C=O) groups excluding carboxylic acids is 1. The normalized spacial score (nSPS) is 14.0. The van der Waals surface area contributed by atoms with E-state index in [0.717, 1.165) is 5.56 Å². The summed E-state index contributed by atoms with van der Waals surface area (Å²) in [6, 6.07) is 9.13. The van der Waals surface area contributed by atoms with Crippen molar-refractivity contribution in [3.63, 3.8) is 0 Å². The number of rotatable bonds is 7. The quantitative estimate of drug-likeness (QED) is 0.717. The molecule has 3 N–H and O–H groups in total. The lowest BCUT2D eigenvalue weighted by Gasteiger charge is -2.26. The maximum absolute atomic E-state index is 13.0. The van der Waals surface area contributed by atoms with Gasteiger partial charge in [-0.1, -0.05) is 26.0 Å². The molecular weight excluding hydrogens is 323 g/mol. The number of furan rings is 1. The number of benzene rings is 1. The van der Waals surface area contributed by atoms with Crippen LogP contribution >= 0.6 is 0 Å². The SMILES string of the molecule is CC(CC(O)c1ccco1)NC(=O)NCC(C)(C)c1ccc(F)cc1. The van der Waals surface area contributed by atoms with Gasteiger partial charge in [0.25, 0.3) is 0 Å². The minimum Gasteiger partial charge on any atom is -0.467 e. The lowest BCUT2D eigenvalue weighted by atomic mass is 9.84. The van der Waals surface area contributed by atoms with E-state index >= 15 is 0 Å². The molecule has 2 rings (SSSR count). The summed E-state index contributed by atoms with van der Waals surface area (Å²) in [6.07, 6.45) is 1.09. The summed E-state index contributed by atoms with van der Waals surface area (Å²) in [6.45, 7) is 6.17. The Bertz CT molecular complexity index is 668. The fourth-order valence-corrected chi connectivity index (χ4v) is 2.57. The molecule has 5 nitrogen and oxygen atoms in total. The van der Waals surface area contributed by atoms with E-state index in [0.29, 0.717) is 18.7 Å². The maximum Gasteiger partial charge on any atom is 0.315 e. The number of carbonyl (C=O) groups is 1. The summed E-state index contributed by atoms with van der Waals surface area (Å²) < 4.78 is 18.2. The molecule has 0 radical (unpaired) electrons. The highest BCUT2D eigenvalue weighted by molar-refractivity contribution is 5.74. The van der Waals surface area contributed by atoms with E-state index in [4.69, 9.17) is 4.42 Å². The van der Waals surface area contributed by atoms with E-state index in [9.17, 15) is 14.3 Å². The fourth-order valence-electron chi connectivity index (χ4n) is 2.57. The van der Waals surface area contributed by atoms with E-state index in [-0.39, 0.29) is 23.3 Å². The molecule has 136 valence electrons. The molecule has 2 amide bonds. The average molecular weight is 348 g/mol. The number of halogens is 1. The van der Waals surface area contributed by atoms with Gasteiger partial charge in [0.2, 0.25) is 0 Å². The van der Waals surface area contributed by atoms with Crippen LogP contribution in [-0.2, 0) is 5.41 Å². The summed E-state index contributed by atoms with van der Waals surface area (Å²) in [7, 11) is 0. The van der Waals surface area contributed by atoms with E-state index in [1.165, 1.54) is 18.4 Å². The molecule has 0 aliphatic rings. The standard InChI is InChI=1S/C19H25FN2O3/c1-13(11-16(23)17-5-4-10-25-17)22-18(24)21-12-19(2,3)14-6-8-15(20)9-7-14/h4-10,13,16,23H,11-12H2,1-3H3,(H2,21,22,24). The zero-order valence-corrected chi connectivity index (χ0v) is 14.8. The molecule has 6 heteroatoms. The molecule has 1 aromatic carbocycles. The second kappa shape index (κ2) is 8.16. The number of amides is 2. The maximum atomic E-state index is 13.0. The first-order chi connectivity index (χ1) is 11.8. The predicted octanol–water partition coefficient (Wildman–Crippen LogP) is 3.51. The van der Waals surface area contributed by atoms with Crippen molar-refractivity contribution in [1.82, 2.24) is 10.6 Å². The number of aliphatic hydroxyl groups excluding tert-OH is 1. The van der Waals surface area contributed by atoms with Gasteiger partial charge in [0.15, 0.2) is 0 Å². The van der Waals surface area contributed by atoms with Crippen molar-refractivity contribution in [3.05, 3.63) is 59.8 Å². The zero-order chi connectivity index (χ0) is 18.4. The van der Waals surface area contributed by atoms with Crippen molar-refractivity contribution >= 4 is 6.03 Å². The molecule has 1 heterocycles. The Morgan fingerprint density at radius 2 is 1.96 bits per heavy atom. The van der Waals surface area contributed by atoms with Gasteiger partial charge in [0.1, 0.15) is 17.7 Å². The average Bonchev–Trinajstić information content (AvgIpc) is 3.08. The number of urea groups is 1. The van der Waals surface area contributed by atoms with Crippen molar-refractivity contribution in [2.24, 2.45) is 0 Å². The van der Waals surface area contributed by atoms with Crippen LogP contribution in [0.15, 0.2) is 47.1 Å². The molecule has 0 saturated carbocycles. The first kappa shape index (κ1) is 19.0. The largest absolute Gasteiger partial charge is 0.467 e. The Labute approximate surface area is 147 Å². The van der Waals surface area contributed by atoms with Gasteiger partial charge in [-0.05, 0) is 36.8 Å². The van der Waals surface area contributed by atoms with Crippen LogP contribution in [0.5, 0.6) is 0 Å². The Morgan fingerprint density at radius 3 is 2.56 bits per heavy atom. The molecule has 0 aliphatic carbocycles. The number of aliphatic hydroxyl groups is 1. The third-order valence-electron chi connectivity index (χ3n) is 4.14. The van der Waals surface area contributed by atoms with Crippen LogP contribution in [0.3, 0.4) is 0 Å². The van der Waals surface area contributed by atoms with Crippen LogP contribution in [0.1, 0.15) is 44.6 Å². The van der Waals surface area contributed by atoms with Crippen LogP contribution in [0, 0.1) is 5.82 Å². The Balaban J connectivity index is 1.80. The first-order valence-corrected chi connectivity index (χ1v) is 8.30. The van der Waals surface area contributed by atoms with E-state index < -0.39 is 6.10 Å². The van der Waals surface area contributed by atoms with Crippen molar-refractivity contribution < 1.29 is 18.7 Å². The Hall–Kier alpha value is -2.34. The number of hydrogen-bond acceptors (Lipinski definition) is 3. The molecular formula is C19H25FN2O3. The van der Waals surface area contributed by atoms with Gasteiger partial charge < -0.3 is 20.2 Å².